The van der Waals surface area contributed by atoms with E-state index in [4.69, 9.17) is 4.74 Å². The Kier molecular flexibility index (Phi) is 5.84. The van der Waals surface area contributed by atoms with E-state index >= 15 is 0 Å². The van der Waals surface area contributed by atoms with E-state index in [1.54, 1.807) is 18.3 Å². The van der Waals surface area contributed by atoms with Crippen molar-refractivity contribution in [2.45, 2.75) is 26.3 Å². The number of benzene rings is 2. The summed E-state index contributed by atoms with van der Waals surface area (Å²) in [5.74, 6) is -1.31. The Morgan fingerprint density at radius 2 is 2.06 bits per heavy atom. The molecule has 160 valence electrons. The Bertz CT molecular complexity index is 1150. The monoisotopic (exact) mass is 423 g/mol. The molecule has 2 aromatic carbocycles. The molecule has 0 atom stereocenters. The lowest BCUT2D eigenvalue weighted by molar-refractivity contribution is -0.129. The van der Waals surface area contributed by atoms with Crippen molar-refractivity contribution < 1.29 is 18.3 Å². The van der Waals surface area contributed by atoms with E-state index in [9.17, 15) is 13.6 Å². The third-order valence-electron chi connectivity index (χ3n) is 5.36. The summed E-state index contributed by atoms with van der Waals surface area (Å²) >= 11 is 0. The van der Waals surface area contributed by atoms with Crippen LogP contribution in [0.1, 0.15) is 29.7 Å². The van der Waals surface area contributed by atoms with E-state index in [1.165, 1.54) is 12.1 Å². The fourth-order valence-corrected chi connectivity index (χ4v) is 3.78. The van der Waals surface area contributed by atoms with Crippen molar-refractivity contribution >= 4 is 12.0 Å². The lowest BCUT2D eigenvalue weighted by atomic mass is 10.00. The third kappa shape index (κ3) is 4.35. The second kappa shape index (κ2) is 8.71. The molecule has 3 aromatic rings. The summed E-state index contributed by atoms with van der Waals surface area (Å²) in [4.78, 5) is 18.8. The number of aromatic nitrogens is 2. The molecular weight excluding hydrogens is 400 g/mol. The van der Waals surface area contributed by atoms with Crippen LogP contribution in [0.5, 0.6) is 5.75 Å². The highest BCUT2D eigenvalue weighted by Crippen LogP contribution is 2.28. The Morgan fingerprint density at radius 1 is 1.23 bits per heavy atom. The number of methoxy groups -OCH3 is 1. The molecule has 1 aliphatic rings. The van der Waals surface area contributed by atoms with Gasteiger partial charge in [0.05, 0.1) is 24.8 Å². The molecule has 0 unspecified atom stereocenters. The predicted octanol–water partition coefficient (Wildman–Crippen LogP) is 4.67. The highest BCUT2D eigenvalue weighted by molar-refractivity contribution is 5.98. The summed E-state index contributed by atoms with van der Waals surface area (Å²) in [6.45, 7) is 2.47. The molecule has 1 amide bonds. The molecular formula is C24H23F2N3O2. The zero-order valence-electron chi connectivity index (χ0n) is 17.4. The van der Waals surface area contributed by atoms with E-state index in [0.29, 0.717) is 24.3 Å². The van der Waals surface area contributed by atoms with Crippen LogP contribution < -0.4 is 4.74 Å². The number of hydrogen-bond acceptors (Lipinski definition) is 3. The van der Waals surface area contributed by atoms with Crippen LogP contribution in [0, 0.1) is 18.6 Å². The first-order chi connectivity index (χ1) is 15.0. The van der Waals surface area contributed by atoms with Gasteiger partial charge in [-0.25, -0.2) is 13.8 Å². The summed E-state index contributed by atoms with van der Waals surface area (Å²) < 4.78 is 35.0. The molecule has 5 nitrogen and oxygen atoms in total. The summed E-state index contributed by atoms with van der Waals surface area (Å²) in [5, 5.41) is 0. The van der Waals surface area contributed by atoms with E-state index in [2.05, 4.69) is 4.98 Å². The van der Waals surface area contributed by atoms with Gasteiger partial charge in [0.2, 0.25) is 5.91 Å². The first-order valence-corrected chi connectivity index (χ1v) is 10.1. The molecule has 0 radical (unpaired) electrons. The maximum atomic E-state index is 14.0. The van der Waals surface area contributed by atoms with Crippen molar-refractivity contribution in [1.29, 1.82) is 0 Å². The number of imidazole rings is 1. The van der Waals surface area contributed by atoms with Crippen LogP contribution in [0.25, 0.3) is 11.8 Å². The van der Waals surface area contributed by atoms with Crippen LogP contribution in [-0.2, 0) is 11.3 Å². The number of halogens is 2. The van der Waals surface area contributed by atoms with Gasteiger partial charge in [0.25, 0.3) is 0 Å². The second-order valence-electron chi connectivity index (χ2n) is 7.57. The molecule has 1 saturated heterocycles. The number of amides is 1. The largest absolute Gasteiger partial charge is 0.495 e. The molecule has 1 fully saturated rings. The van der Waals surface area contributed by atoms with Crippen molar-refractivity contribution in [3.63, 3.8) is 0 Å². The van der Waals surface area contributed by atoms with Crippen molar-refractivity contribution in [3.05, 3.63) is 83.0 Å². The SMILES string of the molecule is COc1cc(/C=C2\CCCN(Cc3cccc(F)c3F)C2=O)ccc1-n1cnc(C)c1. The molecule has 2 heterocycles. The fraction of sp³-hybridized carbons (Fsp3) is 0.250. The number of nitrogens with zero attached hydrogens (tertiary/aromatic N) is 3. The standard InChI is InChI=1S/C24H23F2N3O2/c1-16-13-29(15-27-16)21-9-8-17(12-22(21)31-2)11-18-6-4-10-28(24(18)30)14-19-5-3-7-20(25)23(19)26/h3,5,7-9,11-13,15H,4,6,10,14H2,1-2H3/b18-11+. The average Bonchev–Trinajstić information content (AvgIpc) is 3.20. The van der Waals surface area contributed by atoms with Crippen LogP contribution >= 0.6 is 0 Å². The number of aryl methyl sites for hydroxylation is 1. The fourth-order valence-electron chi connectivity index (χ4n) is 3.78. The Labute approximate surface area is 179 Å². The number of likely N-dealkylation sites (tertiary alicyclic amines) is 1. The molecule has 0 bridgehead atoms. The minimum Gasteiger partial charge on any atom is -0.495 e. The molecule has 0 aliphatic carbocycles. The minimum atomic E-state index is -0.905. The molecule has 4 rings (SSSR count). The van der Waals surface area contributed by atoms with Crippen LogP contribution in [0.3, 0.4) is 0 Å². The minimum absolute atomic E-state index is 0.0437. The number of piperidine rings is 1. The summed E-state index contributed by atoms with van der Waals surface area (Å²) in [6, 6.07) is 9.73. The van der Waals surface area contributed by atoms with Crippen molar-refractivity contribution in [3.8, 4) is 11.4 Å². The van der Waals surface area contributed by atoms with Crippen LogP contribution in [-0.4, -0.2) is 34.0 Å². The number of carbonyl (C=O) groups is 1. The molecule has 1 aliphatic heterocycles. The topological polar surface area (TPSA) is 47.4 Å². The van der Waals surface area contributed by atoms with Crippen molar-refractivity contribution in [2.75, 3.05) is 13.7 Å². The lowest BCUT2D eigenvalue weighted by Crippen LogP contribution is -2.36. The van der Waals surface area contributed by atoms with Gasteiger partial charge >= 0.3 is 0 Å². The van der Waals surface area contributed by atoms with E-state index in [0.717, 1.165) is 29.4 Å². The molecule has 1 aromatic heterocycles. The summed E-state index contributed by atoms with van der Waals surface area (Å²) in [5.41, 5.74) is 3.39. The van der Waals surface area contributed by atoms with Crippen LogP contribution in [0.2, 0.25) is 0 Å². The lowest BCUT2D eigenvalue weighted by Gasteiger charge is -2.29. The van der Waals surface area contributed by atoms with Gasteiger partial charge in [-0.15, -0.1) is 0 Å². The van der Waals surface area contributed by atoms with Gasteiger partial charge in [0.1, 0.15) is 5.75 Å². The number of hydrogen-bond donors (Lipinski definition) is 0. The van der Waals surface area contributed by atoms with E-state index in [1.807, 2.05) is 42.0 Å². The van der Waals surface area contributed by atoms with Crippen LogP contribution in [0.15, 0.2) is 54.5 Å². The molecule has 0 N–H and O–H groups in total. The van der Waals surface area contributed by atoms with Crippen molar-refractivity contribution in [1.82, 2.24) is 14.5 Å². The molecule has 31 heavy (non-hydrogen) atoms. The highest BCUT2D eigenvalue weighted by Gasteiger charge is 2.24. The Morgan fingerprint density at radius 3 is 2.81 bits per heavy atom. The normalized spacial score (nSPS) is 15.5. The first-order valence-electron chi connectivity index (χ1n) is 10.1. The quantitative estimate of drug-likeness (QED) is 0.560. The van der Waals surface area contributed by atoms with Gasteiger partial charge in [0.15, 0.2) is 11.6 Å². The number of carbonyl (C=O) groups excluding carboxylic acids is 1. The first kappa shape index (κ1) is 20.8. The number of ether oxygens (including phenoxy) is 1. The second-order valence-corrected chi connectivity index (χ2v) is 7.57. The zero-order chi connectivity index (χ0) is 22.0. The van der Waals surface area contributed by atoms with Gasteiger partial charge in [0, 0.05) is 30.4 Å². The van der Waals surface area contributed by atoms with Gasteiger partial charge in [-0.2, -0.15) is 0 Å². The Balaban J connectivity index is 1.58. The van der Waals surface area contributed by atoms with Gasteiger partial charge < -0.3 is 14.2 Å². The maximum Gasteiger partial charge on any atom is 0.250 e. The Hall–Kier alpha value is -3.48. The zero-order valence-corrected chi connectivity index (χ0v) is 17.4. The molecule has 7 heteroatoms. The highest BCUT2D eigenvalue weighted by atomic mass is 19.2. The van der Waals surface area contributed by atoms with E-state index in [-0.39, 0.29) is 18.0 Å². The van der Waals surface area contributed by atoms with E-state index < -0.39 is 11.6 Å². The average molecular weight is 423 g/mol. The molecule has 0 spiro atoms. The van der Waals surface area contributed by atoms with Crippen LogP contribution in [0.4, 0.5) is 8.78 Å². The summed E-state index contributed by atoms with van der Waals surface area (Å²) in [6.07, 6.45) is 6.86. The summed E-state index contributed by atoms with van der Waals surface area (Å²) in [7, 11) is 1.60. The van der Waals surface area contributed by atoms with Gasteiger partial charge in [-0.05, 0) is 49.6 Å². The molecule has 0 saturated carbocycles. The van der Waals surface area contributed by atoms with Gasteiger partial charge in [-0.3, -0.25) is 4.79 Å². The predicted molar refractivity (Wildman–Crippen MR) is 114 cm³/mol. The van der Waals surface area contributed by atoms with Crippen molar-refractivity contribution in [2.24, 2.45) is 0 Å². The number of rotatable bonds is 5. The van der Waals surface area contributed by atoms with Gasteiger partial charge in [-0.1, -0.05) is 18.2 Å². The third-order valence-corrected chi connectivity index (χ3v) is 5.36. The smallest absolute Gasteiger partial charge is 0.250 e. The maximum absolute atomic E-state index is 14.0.